The number of rotatable bonds is 5. The highest BCUT2D eigenvalue weighted by Crippen LogP contribution is 2.16. The van der Waals surface area contributed by atoms with E-state index >= 15 is 0 Å². The molecule has 0 bridgehead atoms. The van der Waals surface area contributed by atoms with Crippen molar-refractivity contribution in [2.45, 2.75) is 12.5 Å². The summed E-state index contributed by atoms with van der Waals surface area (Å²) in [6, 6.07) is -0.443. The summed E-state index contributed by atoms with van der Waals surface area (Å²) in [6.45, 7) is 3.50. The molecule has 4 nitrogen and oxygen atoms in total. The first kappa shape index (κ1) is 17.2. The summed E-state index contributed by atoms with van der Waals surface area (Å²) in [5, 5.41) is 2.11. The van der Waals surface area contributed by atoms with E-state index < -0.39 is 40.9 Å². The topological polar surface area (TPSA) is 55.4 Å². The molecule has 0 spiro atoms. The van der Waals surface area contributed by atoms with Crippen LogP contribution in [0.5, 0.6) is 0 Å². The number of ether oxygens (including phenoxy) is 1. The van der Waals surface area contributed by atoms with Gasteiger partial charge in [0.25, 0.3) is 5.91 Å². The number of hydrogen-bond donors (Lipinski definition) is 1. The van der Waals surface area contributed by atoms with Gasteiger partial charge in [-0.25, -0.2) is 18.0 Å². The van der Waals surface area contributed by atoms with Crippen LogP contribution >= 0.6 is 15.9 Å². The molecule has 1 rings (SSSR count). The Bertz CT molecular complexity index is 569. The van der Waals surface area contributed by atoms with Crippen LogP contribution in [0.1, 0.15) is 16.8 Å². The Kier molecular flexibility index (Phi) is 5.95. The van der Waals surface area contributed by atoms with E-state index in [1.54, 1.807) is 0 Å². The molecule has 0 aliphatic carbocycles. The van der Waals surface area contributed by atoms with Gasteiger partial charge in [0.2, 0.25) is 0 Å². The summed E-state index contributed by atoms with van der Waals surface area (Å²) >= 11 is 3.01. The minimum atomic E-state index is -1.37. The number of carbonyl (C=O) groups is 2. The fourth-order valence-electron chi connectivity index (χ4n) is 1.55. The predicted molar refractivity (Wildman–Crippen MR) is 72.3 cm³/mol. The van der Waals surface area contributed by atoms with Crippen molar-refractivity contribution < 1.29 is 27.5 Å². The minimum absolute atomic E-state index is 0.0388. The molecule has 0 saturated carbocycles. The Balaban J connectivity index is 3.02. The maximum Gasteiger partial charge on any atom is 0.328 e. The predicted octanol–water partition coefficient (Wildman–Crippen LogP) is 2.67. The van der Waals surface area contributed by atoms with E-state index in [9.17, 15) is 22.8 Å². The van der Waals surface area contributed by atoms with Crippen LogP contribution in [0, 0.1) is 17.5 Å². The molecule has 114 valence electrons. The van der Waals surface area contributed by atoms with Crippen molar-refractivity contribution in [3.63, 3.8) is 0 Å². The highest BCUT2D eigenvalue weighted by atomic mass is 79.9. The number of benzene rings is 1. The molecule has 0 aliphatic heterocycles. The van der Waals surface area contributed by atoms with Gasteiger partial charge in [0.1, 0.15) is 29.1 Å². The van der Waals surface area contributed by atoms with E-state index in [0.717, 1.165) is 7.11 Å². The third-order valence-corrected chi connectivity index (χ3v) is 2.77. The number of hydrogen-bond acceptors (Lipinski definition) is 3. The van der Waals surface area contributed by atoms with Crippen LogP contribution in [0.25, 0.3) is 0 Å². The average molecular weight is 366 g/mol. The van der Waals surface area contributed by atoms with Gasteiger partial charge in [-0.2, -0.15) is 0 Å². The molecule has 1 atom stereocenters. The van der Waals surface area contributed by atoms with E-state index in [4.69, 9.17) is 0 Å². The third kappa shape index (κ3) is 4.59. The standard InChI is InChI=1S/C13H11BrF3NO3/c1-6(14)3-10(13(20)21-2)18-12(19)11-8(16)4-7(15)5-9(11)17/h4-5,10H,1,3H2,2H3,(H,18,19)/t10-/m1/s1. The molecule has 0 aromatic heterocycles. The van der Waals surface area contributed by atoms with Crippen molar-refractivity contribution >= 4 is 27.8 Å². The van der Waals surface area contributed by atoms with Gasteiger partial charge in [0, 0.05) is 18.6 Å². The lowest BCUT2D eigenvalue weighted by Crippen LogP contribution is -2.42. The maximum atomic E-state index is 13.5. The van der Waals surface area contributed by atoms with E-state index in [2.05, 4.69) is 32.6 Å². The van der Waals surface area contributed by atoms with Crippen LogP contribution < -0.4 is 5.32 Å². The van der Waals surface area contributed by atoms with Gasteiger partial charge in [-0.05, 0) is 4.48 Å². The summed E-state index contributed by atoms with van der Waals surface area (Å²) in [5.74, 6) is -5.90. The van der Waals surface area contributed by atoms with Gasteiger partial charge < -0.3 is 10.1 Å². The van der Waals surface area contributed by atoms with Gasteiger partial charge in [-0.15, -0.1) is 0 Å². The second kappa shape index (κ2) is 7.26. The fraction of sp³-hybridized carbons (Fsp3) is 0.231. The normalized spacial score (nSPS) is 11.7. The lowest BCUT2D eigenvalue weighted by Gasteiger charge is -2.16. The molecule has 1 aromatic carbocycles. The molecular formula is C13H11BrF3NO3. The number of esters is 1. The highest BCUT2D eigenvalue weighted by molar-refractivity contribution is 9.11. The Labute approximate surface area is 127 Å². The van der Waals surface area contributed by atoms with Gasteiger partial charge >= 0.3 is 5.97 Å². The average Bonchev–Trinajstić information content (AvgIpc) is 2.35. The molecule has 0 fully saturated rings. The molecule has 0 heterocycles. The fourth-order valence-corrected chi connectivity index (χ4v) is 1.87. The summed E-state index contributed by atoms with van der Waals surface area (Å²) < 4.78 is 44.6. The Morgan fingerprint density at radius 1 is 1.33 bits per heavy atom. The van der Waals surface area contributed by atoms with Crippen molar-refractivity contribution in [3.8, 4) is 0 Å². The zero-order valence-corrected chi connectivity index (χ0v) is 12.5. The first-order valence-electron chi connectivity index (χ1n) is 5.62. The van der Waals surface area contributed by atoms with Crippen molar-refractivity contribution in [1.29, 1.82) is 0 Å². The smallest absolute Gasteiger partial charge is 0.328 e. The van der Waals surface area contributed by atoms with Crippen LogP contribution in [0.2, 0.25) is 0 Å². The van der Waals surface area contributed by atoms with Gasteiger partial charge in [-0.1, -0.05) is 22.5 Å². The van der Waals surface area contributed by atoms with Gasteiger partial charge in [0.05, 0.1) is 7.11 Å². The molecule has 8 heteroatoms. The number of nitrogens with one attached hydrogen (secondary N) is 1. The first-order chi connectivity index (χ1) is 9.76. The van der Waals surface area contributed by atoms with Crippen molar-refractivity contribution in [1.82, 2.24) is 5.32 Å². The molecule has 0 radical (unpaired) electrons. The zero-order valence-electron chi connectivity index (χ0n) is 10.9. The highest BCUT2D eigenvalue weighted by Gasteiger charge is 2.26. The Hall–Kier alpha value is -1.83. The monoisotopic (exact) mass is 365 g/mol. The lowest BCUT2D eigenvalue weighted by atomic mass is 10.1. The van der Waals surface area contributed by atoms with Crippen LogP contribution in [0.3, 0.4) is 0 Å². The van der Waals surface area contributed by atoms with Crippen molar-refractivity contribution in [3.05, 3.63) is 46.2 Å². The maximum absolute atomic E-state index is 13.5. The number of methoxy groups -OCH3 is 1. The molecule has 21 heavy (non-hydrogen) atoms. The summed E-state index contributed by atoms with van der Waals surface area (Å²) in [5.41, 5.74) is -0.981. The van der Waals surface area contributed by atoms with Gasteiger partial charge in [0.15, 0.2) is 0 Å². The van der Waals surface area contributed by atoms with E-state index in [-0.39, 0.29) is 6.42 Å². The van der Waals surface area contributed by atoms with Crippen LogP contribution in [0.15, 0.2) is 23.2 Å². The van der Waals surface area contributed by atoms with Crippen LogP contribution in [-0.4, -0.2) is 25.0 Å². The van der Waals surface area contributed by atoms with Gasteiger partial charge in [-0.3, -0.25) is 4.79 Å². The van der Waals surface area contributed by atoms with Crippen molar-refractivity contribution in [2.75, 3.05) is 7.11 Å². The van der Waals surface area contributed by atoms with Crippen molar-refractivity contribution in [2.24, 2.45) is 0 Å². The van der Waals surface area contributed by atoms with E-state index in [1.165, 1.54) is 0 Å². The molecule has 0 aliphatic rings. The molecular weight excluding hydrogens is 355 g/mol. The molecule has 1 N–H and O–H groups in total. The second-order valence-electron chi connectivity index (χ2n) is 4.02. The van der Waals surface area contributed by atoms with Crippen LogP contribution in [0.4, 0.5) is 13.2 Å². The number of halogens is 4. The lowest BCUT2D eigenvalue weighted by molar-refractivity contribution is -0.142. The first-order valence-corrected chi connectivity index (χ1v) is 6.42. The van der Waals surface area contributed by atoms with Crippen LogP contribution in [-0.2, 0) is 9.53 Å². The second-order valence-corrected chi connectivity index (χ2v) is 5.14. The molecule has 0 saturated heterocycles. The Morgan fingerprint density at radius 3 is 2.29 bits per heavy atom. The quantitative estimate of drug-likeness (QED) is 0.816. The summed E-state index contributed by atoms with van der Waals surface area (Å²) in [7, 11) is 1.09. The Morgan fingerprint density at radius 2 is 1.86 bits per heavy atom. The largest absolute Gasteiger partial charge is 0.467 e. The number of carbonyl (C=O) groups excluding carboxylic acids is 2. The molecule has 1 amide bonds. The molecule has 0 unspecified atom stereocenters. The third-order valence-electron chi connectivity index (χ3n) is 2.45. The SMILES string of the molecule is C=C(Br)C[C@@H](NC(=O)c1c(F)cc(F)cc1F)C(=O)OC. The minimum Gasteiger partial charge on any atom is -0.467 e. The molecule has 1 aromatic rings. The summed E-state index contributed by atoms with van der Waals surface area (Å²) in [6.07, 6.45) is -0.0388. The summed E-state index contributed by atoms with van der Waals surface area (Å²) in [4.78, 5) is 23.3. The van der Waals surface area contributed by atoms with E-state index in [0.29, 0.717) is 16.6 Å². The number of amides is 1. The zero-order chi connectivity index (χ0) is 16.2. The van der Waals surface area contributed by atoms with E-state index in [1.807, 2.05) is 0 Å².